The third kappa shape index (κ3) is 4.90. The van der Waals surface area contributed by atoms with E-state index in [9.17, 15) is 13.2 Å². The second kappa shape index (κ2) is 9.94. The molecule has 1 aliphatic rings. The predicted octanol–water partition coefficient (Wildman–Crippen LogP) is 3.24. The zero-order valence-corrected chi connectivity index (χ0v) is 20.1. The Balaban J connectivity index is 1.51. The minimum Gasteiger partial charge on any atom is -0.493 e. The Morgan fingerprint density at radius 3 is 2.52 bits per heavy atom. The normalized spacial score (nSPS) is 16.1. The molecule has 0 unspecified atom stereocenters. The number of amides is 1. The number of rotatable bonds is 8. The van der Waals surface area contributed by atoms with Gasteiger partial charge in [0.25, 0.3) is 10.0 Å². The van der Waals surface area contributed by atoms with Gasteiger partial charge >= 0.3 is 0 Å². The lowest BCUT2D eigenvalue weighted by Crippen LogP contribution is -2.52. The number of nitrogens with one attached hydrogen (secondary N) is 1. The molecular formula is C24H26N2O5S2. The summed E-state index contributed by atoms with van der Waals surface area (Å²) < 4.78 is 38.8. The molecule has 1 aromatic heterocycles. The van der Waals surface area contributed by atoms with Crippen LogP contribution in [0.25, 0.3) is 0 Å². The van der Waals surface area contributed by atoms with Crippen LogP contribution in [0.1, 0.15) is 16.7 Å². The van der Waals surface area contributed by atoms with Crippen molar-refractivity contribution < 1.29 is 22.7 Å². The fraction of sp³-hybridized carbons (Fsp3) is 0.292. The fourth-order valence-corrected chi connectivity index (χ4v) is 6.67. The second-order valence-corrected chi connectivity index (χ2v) is 10.8. The van der Waals surface area contributed by atoms with Crippen LogP contribution in [0.4, 0.5) is 0 Å². The Morgan fingerprint density at radius 2 is 1.82 bits per heavy atom. The first kappa shape index (κ1) is 23.3. The molecule has 0 saturated heterocycles. The van der Waals surface area contributed by atoms with Crippen molar-refractivity contribution in [2.45, 2.75) is 29.6 Å². The molecule has 0 aliphatic carbocycles. The molecule has 33 heavy (non-hydrogen) atoms. The summed E-state index contributed by atoms with van der Waals surface area (Å²) in [6.07, 6.45) is 0.913. The lowest BCUT2D eigenvalue weighted by atomic mass is 9.95. The topological polar surface area (TPSA) is 84.9 Å². The number of carbonyl (C=O) groups excluding carboxylic acids is 1. The van der Waals surface area contributed by atoms with Crippen molar-refractivity contribution in [3.05, 3.63) is 76.7 Å². The number of hydrogen-bond donors (Lipinski definition) is 1. The first-order chi connectivity index (χ1) is 15.9. The predicted molar refractivity (Wildman–Crippen MR) is 127 cm³/mol. The molecule has 3 aromatic rings. The molecule has 9 heteroatoms. The Hall–Kier alpha value is -2.88. The monoisotopic (exact) mass is 486 g/mol. The van der Waals surface area contributed by atoms with Crippen LogP contribution in [0.3, 0.4) is 0 Å². The summed E-state index contributed by atoms with van der Waals surface area (Å²) in [6.45, 7) is 0.545. The molecule has 2 aromatic carbocycles. The zero-order valence-electron chi connectivity index (χ0n) is 18.5. The average Bonchev–Trinajstić information content (AvgIpc) is 3.39. The van der Waals surface area contributed by atoms with E-state index in [0.717, 1.165) is 28.0 Å². The van der Waals surface area contributed by atoms with Crippen LogP contribution in [0.15, 0.2) is 64.2 Å². The Kier molecular flexibility index (Phi) is 7.02. The summed E-state index contributed by atoms with van der Waals surface area (Å²) in [5.74, 6) is 0.962. The van der Waals surface area contributed by atoms with Gasteiger partial charge in [0.15, 0.2) is 11.5 Å². The van der Waals surface area contributed by atoms with Gasteiger partial charge in [0.1, 0.15) is 10.3 Å². The molecule has 1 N–H and O–H groups in total. The van der Waals surface area contributed by atoms with Crippen LogP contribution >= 0.6 is 11.3 Å². The summed E-state index contributed by atoms with van der Waals surface area (Å²) in [6, 6.07) is 15.7. The van der Waals surface area contributed by atoms with Gasteiger partial charge in [-0.25, -0.2) is 8.42 Å². The van der Waals surface area contributed by atoms with Crippen molar-refractivity contribution in [1.29, 1.82) is 0 Å². The fourth-order valence-electron chi connectivity index (χ4n) is 3.98. The number of benzene rings is 2. The van der Waals surface area contributed by atoms with E-state index >= 15 is 0 Å². The van der Waals surface area contributed by atoms with E-state index in [2.05, 4.69) is 5.32 Å². The highest BCUT2D eigenvalue weighted by Gasteiger charge is 2.39. The summed E-state index contributed by atoms with van der Waals surface area (Å²) in [4.78, 5) is 13.2. The van der Waals surface area contributed by atoms with Gasteiger partial charge in [0.2, 0.25) is 5.91 Å². The lowest BCUT2D eigenvalue weighted by molar-refractivity contribution is -0.125. The van der Waals surface area contributed by atoms with Gasteiger partial charge in [0, 0.05) is 13.1 Å². The van der Waals surface area contributed by atoms with E-state index in [-0.39, 0.29) is 16.7 Å². The summed E-state index contributed by atoms with van der Waals surface area (Å²) in [5.41, 5.74) is 2.90. The third-order valence-electron chi connectivity index (χ3n) is 5.73. The van der Waals surface area contributed by atoms with E-state index in [1.54, 1.807) is 31.7 Å². The zero-order chi connectivity index (χ0) is 23.4. The maximum atomic E-state index is 13.3. The van der Waals surface area contributed by atoms with E-state index in [0.29, 0.717) is 30.9 Å². The lowest BCUT2D eigenvalue weighted by Gasteiger charge is -2.34. The standard InChI is InChI=1S/C24H26N2O5S2/c1-30-21-10-9-17(14-22(21)31-2)11-12-25-24(27)20-15-18-6-3-4-7-19(18)16-26(20)33(28,29)23-8-5-13-32-23/h3-10,13-14,20H,11-12,15-16H2,1-2H3,(H,25,27)/t20-/m0/s1. The summed E-state index contributed by atoms with van der Waals surface area (Å²) in [5, 5.41) is 4.66. The molecule has 0 radical (unpaired) electrons. The van der Waals surface area contributed by atoms with Crippen LogP contribution in [0.5, 0.6) is 11.5 Å². The first-order valence-corrected chi connectivity index (χ1v) is 12.9. The maximum absolute atomic E-state index is 13.3. The molecule has 174 valence electrons. The van der Waals surface area contributed by atoms with Crippen LogP contribution in [-0.2, 0) is 34.2 Å². The number of carbonyl (C=O) groups is 1. The van der Waals surface area contributed by atoms with Crippen LogP contribution in [0, 0.1) is 0 Å². The number of nitrogens with zero attached hydrogens (tertiary/aromatic N) is 1. The largest absolute Gasteiger partial charge is 0.493 e. The smallest absolute Gasteiger partial charge is 0.253 e. The molecule has 0 bridgehead atoms. The van der Waals surface area contributed by atoms with Crippen LogP contribution in [0.2, 0.25) is 0 Å². The highest BCUT2D eigenvalue weighted by atomic mass is 32.2. The van der Waals surface area contributed by atoms with Gasteiger partial charge in [-0.1, -0.05) is 36.4 Å². The maximum Gasteiger partial charge on any atom is 0.253 e. The summed E-state index contributed by atoms with van der Waals surface area (Å²) in [7, 11) is -0.633. The molecule has 0 saturated carbocycles. The van der Waals surface area contributed by atoms with Crippen molar-refractivity contribution in [2.75, 3.05) is 20.8 Å². The number of hydrogen-bond acceptors (Lipinski definition) is 6. The summed E-state index contributed by atoms with van der Waals surface area (Å²) >= 11 is 1.16. The molecule has 1 amide bonds. The van der Waals surface area contributed by atoms with E-state index in [4.69, 9.17) is 9.47 Å². The van der Waals surface area contributed by atoms with Gasteiger partial charge in [-0.05, 0) is 53.1 Å². The van der Waals surface area contributed by atoms with Crippen molar-refractivity contribution >= 4 is 27.3 Å². The van der Waals surface area contributed by atoms with E-state index < -0.39 is 16.1 Å². The highest BCUT2D eigenvalue weighted by molar-refractivity contribution is 7.91. The van der Waals surface area contributed by atoms with Crippen molar-refractivity contribution in [1.82, 2.24) is 9.62 Å². The van der Waals surface area contributed by atoms with E-state index in [1.165, 1.54) is 4.31 Å². The molecule has 0 fully saturated rings. The van der Waals surface area contributed by atoms with Crippen LogP contribution in [-0.4, -0.2) is 45.4 Å². The van der Waals surface area contributed by atoms with E-state index in [1.807, 2.05) is 42.5 Å². The number of sulfonamides is 1. The molecule has 1 atom stereocenters. The Bertz CT molecular complexity index is 1230. The van der Waals surface area contributed by atoms with Gasteiger partial charge < -0.3 is 14.8 Å². The van der Waals surface area contributed by atoms with Gasteiger partial charge in [0.05, 0.1) is 14.2 Å². The second-order valence-electron chi connectivity index (χ2n) is 7.70. The first-order valence-electron chi connectivity index (χ1n) is 10.5. The quantitative estimate of drug-likeness (QED) is 0.528. The third-order valence-corrected chi connectivity index (χ3v) is 8.95. The van der Waals surface area contributed by atoms with Gasteiger partial charge in [-0.15, -0.1) is 11.3 Å². The molecule has 4 rings (SSSR count). The number of ether oxygens (including phenoxy) is 2. The number of fused-ring (bicyclic) bond motifs is 1. The van der Waals surface area contributed by atoms with Crippen molar-refractivity contribution in [3.8, 4) is 11.5 Å². The minimum atomic E-state index is -3.79. The molecule has 2 heterocycles. The number of methoxy groups -OCH3 is 2. The van der Waals surface area contributed by atoms with Gasteiger partial charge in [-0.2, -0.15) is 4.31 Å². The molecule has 7 nitrogen and oxygen atoms in total. The molecule has 1 aliphatic heterocycles. The minimum absolute atomic E-state index is 0.171. The van der Waals surface area contributed by atoms with Crippen molar-refractivity contribution in [2.24, 2.45) is 0 Å². The number of thiophene rings is 1. The average molecular weight is 487 g/mol. The molecular weight excluding hydrogens is 460 g/mol. The van der Waals surface area contributed by atoms with Gasteiger partial charge in [-0.3, -0.25) is 4.79 Å². The Morgan fingerprint density at radius 1 is 1.06 bits per heavy atom. The van der Waals surface area contributed by atoms with Crippen LogP contribution < -0.4 is 14.8 Å². The Labute approximate surface area is 198 Å². The highest BCUT2D eigenvalue weighted by Crippen LogP contribution is 2.31. The SMILES string of the molecule is COc1ccc(CCNC(=O)[C@@H]2Cc3ccccc3CN2S(=O)(=O)c2cccs2)cc1OC. The molecule has 0 spiro atoms. The van der Waals surface area contributed by atoms with Crippen molar-refractivity contribution in [3.63, 3.8) is 0 Å².